The second kappa shape index (κ2) is 18.9. The SMILES string of the molecule is CCOC(=O)C1C[C@@H](CCCC(=O)NCC(=O)NCC(=O)Nc2ccc(N=Nc3ccc(NC(=O)CN)cc3)cc2)C(=O)N1C(=O)OC(C)(C)C. The number of imide groups is 1. The van der Waals surface area contributed by atoms with E-state index < -0.39 is 53.3 Å². The number of nitrogens with one attached hydrogen (secondary N) is 4. The number of azo groups is 1. The molecule has 2 aromatic rings. The Kier molecular flexibility index (Phi) is 14.7. The van der Waals surface area contributed by atoms with Crippen LogP contribution < -0.4 is 27.0 Å². The molecule has 0 spiro atoms. The fraction of sp³-hybridized carbons (Fsp3) is 0.441. The number of likely N-dealkylation sites (tertiary alicyclic amines) is 1. The van der Waals surface area contributed by atoms with E-state index in [4.69, 9.17) is 15.2 Å². The van der Waals surface area contributed by atoms with Crippen LogP contribution in [0.5, 0.6) is 0 Å². The third kappa shape index (κ3) is 13.3. The number of hydrogen-bond donors (Lipinski definition) is 5. The van der Waals surface area contributed by atoms with Gasteiger partial charge in [0.1, 0.15) is 11.6 Å². The molecule has 0 saturated carbocycles. The van der Waals surface area contributed by atoms with Crippen LogP contribution in [0.1, 0.15) is 53.4 Å². The molecule has 1 fully saturated rings. The van der Waals surface area contributed by atoms with Gasteiger partial charge in [0.25, 0.3) is 0 Å². The van der Waals surface area contributed by atoms with Crippen LogP contribution in [-0.2, 0) is 38.2 Å². The van der Waals surface area contributed by atoms with E-state index in [1.807, 2.05) is 0 Å². The Labute approximate surface area is 295 Å². The lowest BCUT2D eigenvalue weighted by Gasteiger charge is -2.26. The molecule has 274 valence electrons. The lowest BCUT2D eigenvalue weighted by atomic mass is 9.98. The predicted molar refractivity (Wildman–Crippen MR) is 185 cm³/mol. The summed E-state index contributed by atoms with van der Waals surface area (Å²) in [5.74, 6) is -3.80. The zero-order chi connectivity index (χ0) is 37.6. The van der Waals surface area contributed by atoms with Crippen LogP contribution in [0.15, 0.2) is 58.8 Å². The van der Waals surface area contributed by atoms with Crippen LogP contribution in [0.3, 0.4) is 0 Å². The van der Waals surface area contributed by atoms with Crippen molar-refractivity contribution in [2.75, 3.05) is 36.9 Å². The average Bonchev–Trinajstić information content (AvgIpc) is 3.42. The Bertz CT molecular complexity index is 1600. The van der Waals surface area contributed by atoms with E-state index in [0.29, 0.717) is 22.7 Å². The van der Waals surface area contributed by atoms with E-state index in [0.717, 1.165) is 4.90 Å². The van der Waals surface area contributed by atoms with E-state index in [9.17, 15) is 33.6 Å². The van der Waals surface area contributed by atoms with Gasteiger partial charge in [0.15, 0.2) is 0 Å². The largest absolute Gasteiger partial charge is 0.464 e. The Morgan fingerprint density at radius 1 is 0.824 bits per heavy atom. The highest BCUT2D eigenvalue weighted by Gasteiger charge is 2.48. The van der Waals surface area contributed by atoms with Gasteiger partial charge in [-0.3, -0.25) is 24.0 Å². The first kappa shape index (κ1) is 39.7. The number of carbonyl (C=O) groups is 7. The third-order valence-corrected chi connectivity index (χ3v) is 7.17. The molecule has 0 aromatic heterocycles. The van der Waals surface area contributed by atoms with Gasteiger partial charge in [0.05, 0.1) is 37.6 Å². The highest BCUT2D eigenvalue weighted by atomic mass is 16.6. The Balaban J connectivity index is 1.36. The van der Waals surface area contributed by atoms with Gasteiger partial charge in [0.2, 0.25) is 29.5 Å². The van der Waals surface area contributed by atoms with Crippen LogP contribution in [0.2, 0.25) is 0 Å². The van der Waals surface area contributed by atoms with Crippen molar-refractivity contribution in [1.29, 1.82) is 0 Å². The monoisotopic (exact) mass is 708 g/mol. The quantitative estimate of drug-likeness (QED) is 0.134. The number of ether oxygens (including phenoxy) is 2. The van der Waals surface area contributed by atoms with Crippen molar-refractivity contribution in [1.82, 2.24) is 15.5 Å². The topological polar surface area (TPSA) is 240 Å². The van der Waals surface area contributed by atoms with Gasteiger partial charge in [-0.2, -0.15) is 10.2 Å². The number of carbonyl (C=O) groups excluding carboxylic acids is 7. The smallest absolute Gasteiger partial charge is 0.417 e. The number of nitrogens with two attached hydrogens (primary N) is 1. The van der Waals surface area contributed by atoms with E-state index in [-0.39, 0.29) is 57.8 Å². The Hall–Kier alpha value is -5.71. The zero-order valence-corrected chi connectivity index (χ0v) is 29.0. The highest BCUT2D eigenvalue weighted by Crippen LogP contribution is 2.31. The second-order valence-electron chi connectivity index (χ2n) is 12.4. The molecule has 1 aliphatic rings. The number of rotatable bonds is 15. The van der Waals surface area contributed by atoms with Crippen LogP contribution in [0.4, 0.5) is 27.5 Å². The first-order valence-electron chi connectivity index (χ1n) is 16.4. The minimum absolute atomic E-state index is 0.00915. The van der Waals surface area contributed by atoms with Crippen LogP contribution >= 0.6 is 0 Å². The zero-order valence-electron chi connectivity index (χ0n) is 29.0. The molecule has 6 amide bonds. The van der Waals surface area contributed by atoms with Gasteiger partial charge in [-0.1, -0.05) is 0 Å². The van der Waals surface area contributed by atoms with Crippen LogP contribution in [0.25, 0.3) is 0 Å². The maximum Gasteiger partial charge on any atom is 0.417 e. The maximum atomic E-state index is 13.0. The molecule has 1 heterocycles. The summed E-state index contributed by atoms with van der Waals surface area (Å²) in [5, 5.41) is 18.4. The molecule has 2 atom stereocenters. The first-order valence-corrected chi connectivity index (χ1v) is 16.4. The van der Waals surface area contributed by atoms with Crippen molar-refractivity contribution >= 4 is 64.3 Å². The number of amides is 6. The minimum atomic E-state index is -1.11. The van der Waals surface area contributed by atoms with Gasteiger partial charge in [-0.05, 0) is 95.5 Å². The normalized spacial score (nSPS) is 15.6. The summed E-state index contributed by atoms with van der Waals surface area (Å²) in [6.07, 6.45) is -0.408. The number of anilines is 2. The molecule has 3 rings (SSSR count). The van der Waals surface area contributed by atoms with Gasteiger partial charge in [-0.15, -0.1) is 0 Å². The highest BCUT2D eigenvalue weighted by molar-refractivity contribution is 6.01. The molecule has 1 unspecified atom stereocenters. The van der Waals surface area contributed by atoms with Crippen molar-refractivity contribution in [3.8, 4) is 0 Å². The molecular weight excluding hydrogens is 664 g/mol. The number of esters is 1. The standard InChI is InChI=1S/C34H44N8O9/c1-5-50-32(48)26-17-21(31(47)42(26)33(49)51-34(2,3)4)7-6-8-27(43)36-19-29(45)37-20-30(46)39-23-11-15-25(16-12-23)41-40-24-13-9-22(10-14-24)38-28(44)18-35/h9-16,21,26H,5-8,17-20,35H2,1-4H3,(H,36,43)(H,37,45)(H,38,44)(H,39,46)/t21-,26?/m1/s1. The first-order chi connectivity index (χ1) is 24.2. The summed E-state index contributed by atoms with van der Waals surface area (Å²) < 4.78 is 10.4. The molecular formula is C34H44N8O9. The Morgan fingerprint density at radius 3 is 1.88 bits per heavy atom. The molecule has 6 N–H and O–H groups in total. The average molecular weight is 709 g/mol. The third-order valence-electron chi connectivity index (χ3n) is 7.17. The molecule has 0 aliphatic carbocycles. The summed E-state index contributed by atoms with van der Waals surface area (Å²) in [4.78, 5) is 87.2. The van der Waals surface area contributed by atoms with Crippen molar-refractivity contribution in [2.45, 2.75) is 65.0 Å². The van der Waals surface area contributed by atoms with Crippen LogP contribution in [-0.4, -0.2) is 84.4 Å². The van der Waals surface area contributed by atoms with Gasteiger partial charge < -0.3 is 36.5 Å². The van der Waals surface area contributed by atoms with Crippen molar-refractivity contribution in [3.05, 3.63) is 48.5 Å². The lowest BCUT2D eigenvalue weighted by molar-refractivity contribution is -0.151. The lowest BCUT2D eigenvalue weighted by Crippen LogP contribution is -2.46. The van der Waals surface area contributed by atoms with E-state index in [2.05, 4.69) is 31.5 Å². The summed E-state index contributed by atoms with van der Waals surface area (Å²) in [6.45, 7) is 5.81. The molecule has 0 bridgehead atoms. The fourth-order valence-electron chi connectivity index (χ4n) is 4.81. The molecule has 1 saturated heterocycles. The number of benzene rings is 2. The van der Waals surface area contributed by atoms with E-state index >= 15 is 0 Å². The van der Waals surface area contributed by atoms with E-state index in [1.54, 1.807) is 76.2 Å². The molecule has 51 heavy (non-hydrogen) atoms. The maximum absolute atomic E-state index is 13.0. The van der Waals surface area contributed by atoms with E-state index in [1.165, 1.54) is 0 Å². The molecule has 1 aliphatic heterocycles. The molecule has 2 aromatic carbocycles. The summed E-state index contributed by atoms with van der Waals surface area (Å²) in [7, 11) is 0. The molecule has 0 radical (unpaired) electrons. The van der Waals surface area contributed by atoms with Gasteiger partial charge in [0, 0.05) is 23.7 Å². The van der Waals surface area contributed by atoms with Crippen LogP contribution in [0, 0.1) is 5.92 Å². The van der Waals surface area contributed by atoms with Crippen molar-refractivity contribution < 1.29 is 43.0 Å². The minimum Gasteiger partial charge on any atom is -0.464 e. The number of nitrogens with zero attached hydrogens (tertiary/aromatic N) is 3. The summed E-state index contributed by atoms with van der Waals surface area (Å²) in [5.41, 5.74) is 6.53. The molecule has 17 heteroatoms. The second-order valence-corrected chi connectivity index (χ2v) is 12.4. The fourth-order valence-corrected chi connectivity index (χ4v) is 4.81. The predicted octanol–water partition coefficient (Wildman–Crippen LogP) is 3.06. The van der Waals surface area contributed by atoms with Crippen molar-refractivity contribution in [3.63, 3.8) is 0 Å². The van der Waals surface area contributed by atoms with Gasteiger partial charge in [-0.25, -0.2) is 14.5 Å². The number of hydrogen-bond acceptors (Lipinski definition) is 12. The summed E-state index contributed by atoms with van der Waals surface area (Å²) in [6, 6.07) is 12.1. The Morgan fingerprint density at radius 2 is 1.35 bits per heavy atom. The van der Waals surface area contributed by atoms with Gasteiger partial charge >= 0.3 is 12.1 Å². The summed E-state index contributed by atoms with van der Waals surface area (Å²) >= 11 is 0. The van der Waals surface area contributed by atoms with Crippen molar-refractivity contribution in [2.24, 2.45) is 21.9 Å². The molecule has 17 nitrogen and oxygen atoms in total.